The molecule has 0 aromatic heterocycles. The normalized spacial score (nSPS) is 12.6. The van der Waals surface area contributed by atoms with Crippen LogP contribution in [0.5, 0.6) is 5.75 Å². The highest BCUT2D eigenvalue weighted by Gasteiger charge is 2.12. The fourth-order valence-corrected chi connectivity index (χ4v) is 2.52. The first-order valence-corrected chi connectivity index (χ1v) is 7.26. The zero-order valence-corrected chi connectivity index (χ0v) is 12.4. The molecule has 110 valence electrons. The Kier molecular flexibility index (Phi) is 4.22. The highest BCUT2D eigenvalue weighted by atomic mass is 16.5. The molecule has 2 heteroatoms. The lowest BCUT2D eigenvalue weighted by molar-refractivity contribution is 0.224. The van der Waals surface area contributed by atoms with E-state index in [1.165, 1.54) is 0 Å². The molecular formula is C20H18O2. The van der Waals surface area contributed by atoms with Crippen molar-refractivity contribution in [2.24, 2.45) is 0 Å². The third-order valence-electron chi connectivity index (χ3n) is 3.69. The first-order valence-electron chi connectivity index (χ1n) is 7.26. The molecule has 0 unspecified atom stereocenters. The summed E-state index contributed by atoms with van der Waals surface area (Å²) in [6.45, 7) is 0. The van der Waals surface area contributed by atoms with Gasteiger partial charge in [-0.05, 0) is 28.5 Å². The molecule has 2 nitrogen and oxygen atoms in total. The summed E-state index contributed by atoms with van der Waals surface area (Å²) in [5.41, 5.74) is 1.83. The van der Waals surface area contributed by atoms with Gasteiger partial charge in [0.25, 0.3) is 0 Å². The molecular weight excluding hydrogens is 272 g/mol. The first-order chi connectivity index (χ1) is 10.8. The first kappa shape index (κ1) is 14.4. The zero-order valence-electron chi connectivity index (χ0n) is 12.4. The van der Waals surface area contributed by atoms with Crippen LogP contribution in [0.3, 0.4) is 0 Å². The minimum absolute atomic E-state index is 0.698. The van der Waals surface area contributed by atoms with E-state index in [-0.39, 0.29) is 0 Å². The fourth-order valence-electron chi connectivity index (χ4n) is 2.52. The monoisotopic (exact) mass is 290 g/mol. The lowest BCUT2D eigenvalue weighted by atomic mass is 10.0. The average molecular weight is 290 g/mol. The molecule has 0 saturated carbocycles. The van der Waals surface area contributed by atoms with Gasteiger partial charge < -0.3 is 9.84 Å². The molecule has 0 amide bonds. The van der Waals surface area contributed by atoms with Gasteiger partial charge in [0.15, 0.2) is 0 Å². The lowest BCUT2D eigenvalue weighted by Gasteiger charge is -2.13. The topological polar surface area (TPSA) is 29.5 Å². The molecule has 0 radical (unpaired) electrons. The molecule has 0 heterocycles. The lowest BCUT2D eigenvalue weighted by Crippen LogP contribution is -1.98. The number of fused-ring (bicyclic) bond motifs is 1. The number of hydrogen-bond donors (Lipinski definition) is 1. The Hall–Kier alpha value is -2.58. The minimum atomic E-state index is -0.709. The van der Waals surface area contributed by atoms with Crippen LogP contribution in [0.1, 0.15) is 17.2 Å². The molecule has 0 aliphatic heterocycles. The van der Waals surface area contributed by atoms with Crippen molar-refractivity contribution in [2.75, 3.05) is 7.11 Å². The summed E-state index contributed by atoms with van der Waals surface area (Å²) in [5, 5.41) is 12.7. The third-order valence-corrected chi connectivity index (χ3v) is 3.69. The number of ether oxygens (including phenoxy) is 1. The number of methoxy groups -OCH3 is 1. The van der Waals surface area contributed by atoms with E-state index < -0.39 is 6.10 Å². The Labute approximate surface area is 130 Å². The van der Waals surface area contributed by atoms with Crippen molar-refractivity contribution in [3.8, 4) is 5.75 Å². The summed E-state index contributed by atoms with van der Waals surface area (Å²) in [5.74, 6) is 0.698. The van der Waals surface area contributed by atoms with Gasteiger partial charge in [-0.3, -0.25) is 0 Å². The quantitative estimate of drug-likeness (QED) is 0.761. The SMILES string of the molecule is COc1cc2ccccc2cc1[C@@H](O)/C=C/c1ccccc1. The maximum absolute atomic E-state index is 10.5. The van der Waals surface area contributed by atoms with E-state index in [9.17, 15) is 5.11 Å². The predicted molar refractivity (Wildman–Crippen MR) is 90.9 cm³/mol. The summed E-state index contributed by atoms with van der Waals surface area (Å²) in [4.78, 5) is 0. The van der Waals surface area contributed by atoms with Gasteiger partial charge in [-0.15, -0.1) is 0 Å². The predicted octanol–water partition coefficient (Wildman–Crippen LogP) is 4.60. The summed E-state index contributed by atoms with van der Waals surface area (Å²) in [7, 11) is 1.63. The van der Waals surface area contributed by atoms with Gasteiger partial charge in [-0.25, -0.2) is 0 Å². The second kappa shape index (κ2) is 6.46. The number of rotatable bonds is 4. The van der Waals surface area contributed by atoms with Gasteiger partial charge >= 0.3 is 0 Å². The number of aliphatic hydroxyl groups excluding tert-OH is 1. The molecule has 1 N–H and O–H groups in total. The van der Waals surface area contributed by atoms with E-state index in [1.54, 1.807) is 13.2 Å². The van der Waals surface area contributed by atoms with Crippen molar-refractivity contribution < 1.29 is 9.84 Å². The largest absolute Gasteiger partial charge is 0.496 e. The summed E-state index contributed by atoms with van der Waals surface area (Å²) < 4.78 is 5.43. The van der Waals surface area contributed by atoms with Crippen molar-refractivity contribution in [2.45, 2.75) is 6.10 Å². The van der Waals surface area contributed by atoms with E-state index in [1.807, 2.05) is 72.8 Å². The van der Waals surface area contributed by atoms with Gasteiger partial charge in [-0.2, -0.15) is 0 Å². The van der Waals surface area contributed by atoms with E-state index >= 15 is 0 Å². The average Bonchev–Trinajstić information content (AvgIpc) is 2.59. The van der Waals surface area contributed by atoms with Crippen LogP contribution in [-0.2, 0) is 0 Å². The molecule has 0 bridgehead atoms. The van der Waals surface area contributed by atoms with Crippen LogP contribution in [0, 0.1) is 0 Å². The smallest absolute Gasteiger partial charge is 0.125 e. The molecule has 0 spiro atoms. The van der Waals surface area contributed by atoms with Gasteiger partial charge in [0, 0.05) is 5.56 Å². The second-order valence-corrected chi connectivity index (χ2v) is 5.16. The Morgan fingerprint density at radius 3 is 2.23 bits per heavy atom. The van der Waals surface area contributed by atoms with Crippen molar-refractivity contribution in [1.82, 2.24) is 0 Å². The third kappa shape index (κ3) is 3.02. The molecule has 0 aliphatic rings. The standard InChI is InChI=1S/C20H18O2/c1-22-20-14-17-10-6-5-9-16(17)13-18(20)19(21)12-11-15-7-3-2-4-8-15/h2-14,19,21H,1H3/b12-11+/t19-/m0/s1. The Morgan fingerprint density at radius 1 is 0.909 bits per heavy atom. The van der Waals surface area contributed by atoms with Crippen molar-refractivity contribution >= 4 is 16.8 Å². The summed E-state index contributed by atoms with van der Waals surface area (Å²) in [6.07, 6.45) is 2.99. The van der Waals surface area contributed by atoms with Crippen LogP contribution in [0.25, 0.3) is 16.8 Å². The van der Waals surface area contributed by atoms with Crippen LogP contribution < -0.4 is 4.74 Å². The Balaban J connectivity index is 1.95. The van der Waals surface area contributed by atoms with Gasteiger partial charge in [0.05, 0.1) is 7.11 Å². The molecule has 3 rings (SSSR count). The summed E-state index contributed by atoms with van der Waals surface area (Å²) in [6, 6.07) is 21.9. The van der Waals surface area contributed by atoms with Crippen LogP contribution in [0.15, 0.2) is 72.8 Å². The molecule has 1 atom stereocenters. The van der Waals surface area contributed by atoms with Crippen LogP contribution in [-0.4, -0.2) is 12.2 Å². The Bertz CT molecular complexity index is 791. The van der Waals surface area contributed by atoms with Crippen molar-refractivity contribution in [3.63, 3.8) is 0 Å². The zero-order chi connectivity index (χ0) is 15.4. The van der Waals surface area contributed by atoms with E-state index in [0.29, 0.717) is 5.75 Å². The highest BCUT2D eigenvalue weighted by Crippen LogP contribution is 2.31. The molecule has 3 aromatic carbocycles. The molecule has 0 saturated heterocycles. The molecule has 22 heavy (non-hydrogen) atoms. The number of benzene rings is 3. The maximum atomic E-state index is 10.5. The number of aliphatic hydroxyl groups is 1. The fraction of sp³-hybridized carbons (Fsp3) is 0.100. The Morgan fingerprint density at radius 2 is 1.55 bits per heavy atom. The van der Waals surface area contributed by atoms with Crippen LogP contribution in [0.4, 0.5) is 0 Å². The van der Waals surface area contributed by atoms with Crippen molar-refractivity contribution in [3.05, 3.63) is 83.9 Å². The molecule has 0 fully saturated rings. The minimum Gasteiger partial charge on any atom is -0.496 e. The highest BCUT2D eigenvalue weighted by molar-refractivity contribution is 5.85. The van der Waals surface area contributed by atoms with Crippen LogP contribution in [0.2, 0.25) is 0 Å². The van der Waals surface area contributed by atoms with Gasteiger partial charge in [-0.1, -0.05) is 66.7 Å². The summed E-state index contributed by atoms with van der Waals surface area (Å²) >= 11 is 0. The number of hydrogen-bond acceptors (Lipinski definition) is 2. The van der Waals surface area contributed by atoms with E-state index in [2.05, 4.69) is 0 Å². The molecule has 0 aliphatic carbocycles. The molecule has 3 aromatic rings. The van der Waals surface area contributed by atoms with E-state index in [0.717, 1.165) is 21.9 Å². The maximum Gasteiger partial charge on any atom is 0.125 e. The van der Waals surface area contributed by atoms with E-state index in [4.69, 9.17) is 4.74 Å². The van der Waals surface area contributed by atoms with Crippen LogP contribution >= 0.6 is 0 Å². The van der Waals surface area contributed by atoms with Gasteiger partial charge in [0.1, 0.15) is 11.9 Å². The second-order valence-electron chi connectivity index (χ2n) is 5.16. The van der Waals surface area contributed by atoms with Gasteiger partial charge in [0.2, 0.25) is 0 Å². The van der Waals surface area contributed by atoms with Crippen molar-refractivity contribution in [1.29, 1.82) is 0 Å².